The van der Waals surface area contributed by atoms with Crippen LogP contribution in [-0.4, -0.2) is 34.6 Å². The van der Waals surface area contributed by atoms with Gasteiger partial charge in [-0.15, -0.1) is 12.8 Å². The molecule has 220 valence electrons. The Morgan fingerprint density at radius 3 is 2.40 bits per heavy atom. The molecule has 5 rings (SSSR count). The van der Waals surface area contributed by atoms with Crippen molar-refractivity contribution in [2.75, 3.05) is 13.1 Å². The van der Waals surface area contributed by atoms with Crippen LogP contribution in [0.3, 0.4) is 0 Å². The number of nitriles is 1. The topological polar surface area (TPSA) is 95.7 Å². The van der Waals surface area contributed by atoms with Gasteiger partial charge in [0.15, 0.2) is 0 Å². The molecule has 1 aliphatic rings. The van der Waals surface area contributed by atoms with Crippen LogP contribution >= 0.6 is 0 Å². The Morgan fingerprint density at radius 1 is 0.930 bits per heavy atom. The predicted octanol–water partition coefficient (Wildman–Crippen LogP) is 7.02. The predicted molar refractivity (Wildman–Crippen MR) is 168 cm³/mol. The van der Waals surface area contributed by atoms with E-state index in [1.54, 1.807) is 12.4 Å². The molecule has 1 aliphatic heterocycles. The van der Waals surface area contributed by atoms with E-state index in [0.717, 1.165) is 47.8 Å². The molecule has 3 aromatic carbocycles. The summed E-state index contributed by atoms with van der Waals surface area (Å²) in [6, 6.07) is 27.0. The first-order chi connectivity index (χ1) is 21.1. The molecule has 1 N–H and O–H groups in total. The third-order valence-electron chi connectivity index (χ3n) is 7.12. The summed E-state index contributed by atoms with van der Waals surface area (Å²) >= 11 is 0. The number of ether oxygens (including phenoxy) is 2. The lowest BCUT2D eigenvalue weighted by molar-refractivity contribution is -0.122. The van der Waals surface area contributed by atoms with Gasteiger partial charge in [0.25, 0.3) is 6.47 Å². The maximum absolute atomic E-state index is 9.21. The molecule has 7 nitrogen and oxygen atoms in total. The van der Waals surface area contributed by atoms with Gasteiger partial charge in [0.2, 0.25) is 0 Å². The summed E-state index contributed by atoms with van der Waals surface area (Å²) < 4.78 is 12.6. The second-order valence-corrected chi connectivity index (χ2v) is 9.94. The van der Waals surface area contributed by atoms with Gasteiger partial charge in [-0.25, -0.2) is 0 Å². The number of benzene rings is 3. The minimum absolute atomic E-state index is 0.250. The maximum atomic E-state index is 9.21. The molecule has 0 amide bonds. The maximum Gasteiger partial charge on any atom is 0.290 e. The van der Waals surface area contributed by atoms with Gasteiger partial charge in [-0.2, -0.15) is 5.26 Å². The molecule has 0 unspecified atom stereocenters. The monoisotopic (exact) mass is 575 g/mol. The van der Waals surface area contributed by atoms with Crippen LogP contribution in [0.2, 0.25) is 0 Å². The molecule has 2 heterocycles. The first-order valence-corrected chi connectivity index (χ1v) is 14.1. The first-order valence-electron chi connectivity index (χ1n) is 14.1. The van der Waals surface area contributed by atoms with Crippen molar-refractivity contribution in [3.8, 4) is 41.5 Å². The van der Waals surface area contributed by atoms with E-state index in [-0.39, 0.29) is 6.47 Å². The standard InChI is InChI=1S/C33H33N3O2.C2H2.CH2O2/c1-25-30(11-8-12-32(25)28-9-4-2-5-10-28)24-37-31-14-13-29(22-36-15-6-3-7-16-36)33(18-31)38-23-27-17-26(19-34)20-35-21-27;1-2;2-1-3/h2,4-5,8-14,17-18,20-21H,3,6-7,15-16,22-24H2,1H3;1-2H;1H,(H,2,3). The smallest absolute Gasteiger partial charge is 0.290 e. The molecule has 0 bridgehead atoms. The summed E-state index contributed by atoms with van der Waals surface area (Å²) in [5.74, 6) is 1.58. The fourth-order valence-electron chi connectivity index (χ4n) is 4.97. The average Bonchev–Trinajstić information content (AvgIpc) is 3.06. The Hall–Kier alpha value is -5.11. The lowest BCUT2D eigenvalue weighted by Gasteiger charge is -2.27. The Balaban J connectivity index is 0.000000953. The Kier molecular flexibility index (Phi) is 13.3. The van der Waals surface area contributed by atoms with Crippen LogP contribution in [0.15, 0.2) is 85.2 Å². The van der Waals surface area contributed by atoms with E-state index in [0.29, 0.717) is 18.8 Å². The third kappa shape index (κ3) is 9.74. The van der Waals surface area contributed by atoms with Crippen LogP contribution < -0.4 is 9.47 Å². The highest BCUT2D eigenvalue weighted by Gasteiger charge is 2.15. The number of terminal acetylenes is 1. The number of hydrogen-bond acceptors (Lipinski definition) is 6. The number of rotatable bonds is 9. The van der Waals surface area contributed by atoms with Crippen molar-refractivity contribution in [1.82, 2.24) is 9.88 Å². The lowest BCUT2D eigenvalue weighted by atomic mass is 9.97. The van der Waals surface area contributed by atoms with E-state index in [4.69, 9.17) is 19.4 Å². The summed E-state index contributed by atoms with van der Waals surface area (Å²) in [5, 5.41) is 16.1. The second kappa shape index (κ2) is 17.6. The van der Waals surface area contributed by atoms with Crippen molar-refractivity contribution in [3.05, 3.63) is 113 Å². The number of nitrogens with zero attached hydrogens (tertiary/aromatic N) is 3. The summed E-state index contributed by atoms with van der Waals surface area (Å²) in [6.07, 6.45) is 15.1. The number of likely N-dealkylation sites (tertiary alicyclic amines) is 1. The molecule has 0 atom stereocenters. The van der Waals surface area contributed by atoms with Crippen molar-refractivity contribution in [2.45, 2.75) is 45.9 Å². The molecular formula is C36H37N3O4. The molecule has 1 aromatic heterocycles. The number of carbonyl (C=O) groups is 1. The molecule has 43 heavy (non-hydrogen) atoms. The molecule has 0 saturated carbocycles. The summed E-state index contributed by atoms with van der Waals surface area (Å²) in [5.41, 5.74) is 7.36. The van der Waals surface area contributed by atoms with Crippen molar-refractivity contribution in [3.63, 3.8) is 0 Å². The fourth-order valence-corrected chi connectivity index (χ4v) is 4.97. The molecule has 0 aliphatic carbocycles. The number of aromatic nitrogens is 1. The van der Waals surface area contributed by atoms with Gasteiger partial charge in [0.1, 0.15) is 30.8 Å². The largest absolute Gasteiger partial charge is 0.489 e. The zero-order chi connectivity index (χ0) is 30.9. The first kappa shape index (κ1) is 32.4. The average molecular weight is 576 g/mol. The minimum atomic E-state index is -0.250. The van der Waals surface area contributed by atoms with Gasteiger partial charge >= 0.3 is 0 Å². The normalized spacial score (nSPS) is 12.3. The SMILES string of the molecule is C#C.Cc1c(COc2ccc(CN3CCCCC3)c(OCc3cncc(C#N)c3)c2)cccc1-c1ccccc1.O=CO. The Bertz CT molecular complexity index is 1510. The van der Waals surface area contributed by atoms with E-state index in [9.17, 15) is 5.26 Å². The molecule has 0 spiro atoms. The molecule has 7 heteroatoms. The second-order valence-electron chi connectivity index (χ2n) is 9.94. The van der Waals surface area contributed by atoms with Crippen molar-refractivity contribution >= 4 is 6.47 Å². The van der Waals surface area contributed by atoms with Crippen molar-refractivity contribution < 1.29 is 19.4 Å². The number of pyridine rings is 1. The summed E-state index contributed by atoms with van der Waals surface area (Å²) in [6.45, 7) is 5.81. The van der Waals surface area contributed by atoms with Crippen molar-refractivity contribution in [1.29, 1.82) is 5.26 Å². The van der Waals surface area contributed by atoms with Crippen LogP contribution in [0, 0.1) is 31.1 Å². The van der Waals surface area contributed by atoms with Crippen LogP contribution in [0.1, 0.15) is 47.1 Å². The number of hydrogen-bond donors (Lipinski definition) is 1. The zero-order valence-corrected chi connectivity index (χ0v) is 24.5. The van der Waals surface area contributed by atoms with E-state index in [1.807, 2.05) is 24.3 Å². The number of piperidine rings is 1. The van der Waals surface area contributed by atoms with E-state index >= 15 is 0 Å². The van der Waals surface area contributed by atoms with Crippen LogP contribution in [0.4, 0.5) is 0 Å². The van der Waals surface area contributed by atoms with Crippen LogP contribution in [-0.2, 0) is 24.6 Å². The van der Waals surface area contributed by atoms with E-state index in [1.165, 1.54) is 36.0 Å². The lowest BCUT2D eigenvalue weighted by Crippen LogP contribution is -2.29. The Labute approximate surface area is 254 Å². The van der Waals surface area contributed by atoms with Gasteiger partial charge in [-0.1, -0.05) is 61.0 Å². The van der Waals surface area contributed by atoms with Crippen LogP contribution in [0.25, 0.3) is 11.1 Å². The highest BCUT2D eigenvalue weighted by atomic mass is 16.5. The highest BCUT2D eigenvalue weighted by molar-refractivity contribution is 5.68. The molecule has 4 aromatic rings. The van der Waals surface area contributed by atoms with Gasteiger partial charge in [-0.05, 0) is 67.2 Å². The number of carboxylic acid groups (broad SMARTS) is 1. The molecule has 1 saturated heterocycles. The van der Waals surface area contributed by atoms with Crippen LogP contribution in [0.5, 0.6) is 11.5 Å². The minimum Gasteiger partial charge on any atom is -0.489 e. The highest BCUT2D eigenvalue weighted by Crippen LogP contribution is 2.30. The third-order valence-corrected chi connectivity index (χ3v) is 7.12. The van der Waals surface area contributed by atoms with Gasteiger partial charge in [0, 0.05) is 36.1 Å². The van der Waals surface area contributed by atoms with E-state index in [2.05, 4.69) is 84.3 Å². The molecule has 1 fully saturated rings. The zero-order valence-electron chi connectivity index (χ0n) is 24.5. The quantitative estimate of drug-likeness (QED) is 0.169. The van der Waals surface area contributed by atoms with Gasteiger partial charge < -0.3 is 14.6 Å². The van der Waals surface area contributed by atoms with E-state index < -0.39 is 0 Å². The fraction of sp³-hybridized carbons (Fsp3) is 0.250. The molecular weight excluding hydrogens is 538 g/mol. The summed E-state index contributed by atoms with van der Waals surface area (Å²) in [4.78, 5) is 15.0. The van der Waals surface area contributed by atoms with Crippen molar-refractivity contribution in [2.24, 2.45) is 0 Å². The Morgan fingerprint density at radius 2 is 1.67 bits per heavy atom. The van der Waals surface area contributed by atoms with Gasteiger partial charge in [0.05, 0.1) is 5.56 Å². The summed E-state index contributed by atoms with van der Waals surface area (Å²) in [7, 11) is 0. The van der Waals surface area contributed by atoms with Gasteiger partial charge in [-0.3, -0.25) is 14.7 Å². The molecule has 0 radical (unpaired) electrons.